The molecule has 1 heterocycles. The first-order valence-corrected chi connectivity index (χ1v) is 5.95. The zero-order chi connectivity index (χ0) is 13.0. The third-order valence-corrected chi connectivity index (χ3v) is 2.90. The van der Waals surface area contributed by atoms with Crippen molar-refractivity contribution in [1.82, 2.24) is 4.98 Å². The normalized spacial score (nSPS) is 11.6. The van der Waals surface area contributed by atoms with E-state index in [1.165, 1.54) is 0 Å². The molecule has 18 heavy (non-hydrogen) atoms. The SMILES string of the molecule is C[C@H](Nc1ncccc1C#N)c1ccc(Cl)cc1. The van der Waals surface area contributed by atoms with Gasteiger partial charge in [0.1, 0.15) is 11.9 Å². The molecule has 1 aromatic carbocycles. The van der Waals surface area contributed by atoms with Gasteiger partial charge in [-0.1, -0.05) is 23.7 Å². The van der Waals surface area contributed by atoms with Gasteiger partial charge in [0, 0.05) is 17.3 Å². The number of rotatable bonds is 3. The Hall–Kier alpha value is -2.05. The Morgan fingerprint density at radius 1 is 1.28 bits per heavy atom. The molecule has 0 aliphatic heterocycles. The maximum atomic E-state index is 8.99. The first-order valence-electron chi connectivity index (χ1n) is 5.58. The van der Waals surface area contributed by atoms with Crippen molar-refractivity contribution in [3.63, 3.8) is 0 Å². The minimum absolute atomic E-state index is 0.0595. The summed E-state index contributed by atoms with van der Waals surface area (Å²) in [6, 6.07) is 13.3. The maximum Gasteiger partial charge on any atom is 0.144 e. The third kappa shape index (κ3) is 2.79. The number of nitrogens with one attached hydrogen (secondary N) is 1. The monoisotopic (exact) mass is 257 g/mol. The molecule has 0 unspecified atom stereocenters. The van der Waals surface area contributed by atoms with E-state index in [1.807, 2.05) is 31.2 Å². The number of hydrogen-bond donors (Lipinski definition) is 1. The zero-order valence-corrected chi connectivity index (χ0v) is 10.6. The molecular formula is C14H12ClN3. The minimum atomic E-state index is 0.0595. The summed E-state index contributed by atoms with van der Waals surface area (Å²) >= 11 is 5.85. The summed E-state index contributed by atoms with van der Waals surface area (Å²) in [5.74, 6) is 0.599. The van der Waals surface area contributed by atoms with Crippen molar-refractivity contribution in [2.24, 2.45) is 0 Å². The Morgan fingerprint density at radius 3 is 2.67 bits per heavy atom. The second-order valence-corrected chi connectivity index (χ2v) is 4.37. The number of pyridine rings is 1. The van der Waals surface area contributed by atoms with E-state index in [9.17, 15) is 0 Å². The summed E-state index contributed by atoms with van der Waals surface area (Å²) < 4.78 is 0. The van der Waals surface area contributed by atoms with Crippen molar-refractivity contribution >= 4 is 17.4 Å². The highest BCUT2D eigenvalue weighted by atomic mass is 35.5. The molecule has 3 nitrogen and oxygen atoms in total. The third-order valence-electron chi connectivity index (χ3n) is 2.65. The summed E-state index contributed by atoms with van der Waals surface area (Å²) in [5, 5.41) is 12.9. The number of halogens is 1. The smallest absolute Gasteiger partial charge is 0.144 e. The summed E-state index contributed by atoms with van der Waals surface area (Å²) in [6.45, 7) is 2.01. The van der Waals surface area contributed by atoms with Crippen LogP contribution in [0.25, 0.3) is 0 Å². The van der Waals surface area contributed by atoms with Crippen molar-refractivity contribution in [2.45, 2.75) is 13.0 Å². The molecule has 0 amide bonds. The van der Waals surface area contributed by atoms with Gasteiger partial charge in [0.2, 0.25) is 0 Å². The van der Waals surface area contributed by atoms with Crippen molar-refractivity contribution in [1.29, 1.82) is 5.26 Å². The molecule has 1 N–H and O–H groups in total. The summed E-state index contributed by atoms with van der Waals surface area (Å²) in [6.07, 6.45) is 1.66. The molecule has 0 saturated carbocycles. The van der Waals surface area contributed by atoms with Crippen LogP contribution < -0.4 is 5.32 Å². The van der Waals surface area contributed by atoms with Crippen molar-refractivity contribution < 1.29 is 0 Å². The molecule has 0 aliphatic carbocycles. The van der Waals surface area contributed by atoms with E-state index in [0.717, 1.165) is 5.56 Å². The van der Waals surface area contributed by atoms with E-state index in [1.54, 1.807) is 18.3 Å². The number of aromatic nitrogens is 1. The lowest BCUT2D eigenvalue weighted by Gasteiger charge is -2.15. The molecular weight excluding hydrogens is 246 g/mol. The predicted octanol–water partition coefficient (Wildman–Crippen LogP) is 3.78. The van der Waals surface area contributed by atoms with Crippen LogP contribution >= 0.6 is 11.6 Å². The summed E-state index contributed by atoms with van der Waals surface area (Å²) in [5.41, 5.74) is 1.63. The molecule has 0 radical (unpaired) electrons. The Bertz CT molecular complexity index is 572. The van der Waals surface area contributed by atoms with Gasteiger partial charge in [-0.2, -0.15) is 5.26 Å². The summed E-state index contributed by atoms with van der Waals surface area (Å²) in [7, 11) is 0. The Balaban J connectivity index is 2.19. The quantitative estimate of drug-likeness (QED) is 0.910. The molecule has 4 heteroatoms. The van der Waals surface area contributed by atoms with Gasteiger partial charge in [-0.15, -0.1) is 0 Å². The molecule has 0 spiro atoms. The van der Waals surface area contributed by atoms with Gasteiger partial charge >= 0.3 is 0 Å². The Morgan fingerprint density at radius 2 is 2.00 bits per heavy atom. The van der Waals surface area contributed by atoms with Gasteiger partial charge in [-0.3, -0.25) is 0 Å². The van der Waals surface area contributed by atoms with E-state index in [0.29, 0.717) is 16.4 Å². The van der Waals surface area contributed by atoms with E-state index < -0.39 is 0 Å². The highest BCUT2D eigenvalue weighted by molar-refractivity contribution is 6.30. The Kier molecular flexibility index (Phi) is 3.81. The van der Waals surface area contributed by atoms with Gasteiger partial charge in [-0.05, 0) is 36.8 Å². The fourth-order valence-electron chi connectivity index (χ4n) is 1.65. The van der Waals surface area contributed by atoms with E-state index in [4.69, 9.17) is 16.9 Å². The zero-order valence-electron chi connectivity index (χ0n) is 9.89. The molecule has 1 atom stereocenters. The summed E-state index contributed by atoms with van der Waals surface area (Å²) in [4.78, 5) is 4.17. The average molecular weight is 258 g/mol. The van der Waals surface area contributed by atoms with Gasteiger partial charge < -0.3 is 5.32 Å². The highest BCUT2D eigenvalue weighted by Crippen LogP contribution is 2.21. The van der Waals surface area contributed by atoms with Crippen LogP contribution in [-0.4, -0.2) is 4.98 Å². The van der Waals surface area contributed by atoms with E-state index in [-0.39, 0.29) is 6.04 Å². The van der Waals surface area contributed by atoms with Crippen LogP contribution in [0.2, 0.25) is 5.02 Å². The van der Waals surface area contributed by atoms with Crippen molar-refractivity contribution in [2.75, 3.05) is 5.32 Å². The van der Waals surface area contributed by atoms with Gasteiger partial charge in [0.25, 0.3) is 0 Å². The van der Waals surface area contributed by atoms with Crippen LogP contribution in [0.3, 0.4) is 0 Å². The Labute approximate surface area is 111 Å². The molecule has 1 aromatic heterocycles. The van der Waals surface area contributed by atoms with Gasteiger partial charge in [0.05, 0.1) is 5.56 Å². The average Bonchev–Trinajstić information content (AvgIpc) is 2.40. The largest absolute Gasteiger partial charge is 0.362 e. The lowest BCUT2D eigenvalue weighted by atomic mass is 10.1. The van der Waals surface area contributed by atoms with Crippen LogP contribution in [0.4, 0.5) is 5.82 Å². The molecule has 90 valence electrons. The number of nitrogens with zero attached hydrogens (tertiary/aromatic N) is 2. The van der Waals surface area contributed by atoms with Crippen molar-refractivity contribution in [3.05, 3.63) is 58.7 Å². The number of anilines is 1. The molecule has 0 bridgehead atoms. The molecule has 2 aromatic rings. The number of nitriles is 1. The van der Waals surface area contributed by atoms with Crippen LogP contribution in [0.15, 0.2) is 42.6 Å². The topological polar surface area (TPSA) is 48.7 Å². The van der Waals surface area contributed by atoms with Gasteiger partial charge in [0.15, 0.2) is 0 Å². The lowest BCUT2D eigenvalue weighted by Crippen LogP contribution is -2.09. The first-order chi connectivity index (χ1) is 8.70. The predicted molar refractivity (Wildman–Crippen MR) is 72.4 cm³/mol. The fraction of sp³-hybridized carbons (Fsp3) is 0.143. The maximum absolute atomic E-state index is 8.99. The van der Waals surface area contributed by atoms with E-state index >= 15 is 0 Å². The van der Waals surface area contributed by atoms with Gasteiger partial charge in [-0.25, -0.2) is 4.98 Å². The van der Waals surface area contributed by atoms with E-state index in [2.05, 4.69) is 16.4 Å². The standard InChI is InChI=1S/C14H12ClN3/c1-10(11-4-6-13(15)7-5-11)18-14-12(9-16)3-2-8-17-14/h2-8,10H,1H3,(H,17,18)/t10-/m0/s1. The van der Waals surface area contributed by atoms with Crippen molar-refractivity contribution in [3.8, 4) is 6.07 Å². The molecule has 0 saturated heterocycles. The molecule has 0 fully saturated rings. The number of benzene rings is 1. The fourth-order valence-corrected chi connectivity index (χ4v) is 1.78. The number of hydrogen-bond acceptors (Lipinski definition) is 3. The van der Waals surface area contributed by atoms with Crippen LogP contribution in [0.1, 0.15) is 24.1 Å². The van der Waals surface area contributed by atoms with Crippen LogP contribution in [-0.2, 0) is 0 Å². The second kappa shape index (κ2) is 5.52. The van der Waals surface area contributed by atoms with Crippen LogP contribution in [0, 0.1) is 11.3 Å². The van der Waals surface area contributed by atoms with Crippen LogP contribution in [0.5, 0.6) is 0 Å². The highest BCUT2D eigenvalue weighted by Gasteiger charge is 2.08. The first kappa shape index (κ1) is 12.4. The lowest BCUT2D eigenvalue weighted by molar-refractivity contribution is 0.873. The molecule has 2 rings (SSSR count). The minimum Gasteiger partial charge on any atom is -0.362 e. The molecule has 0 aliphatic rings. The second-order valence-electron chi connectivity index (χ2n) is 3.93.